The van der Waals surface area contributed by atoms with Crippen molar-refractivity contribution in [3.05, 3.63) is 30.1 Å². The van der Waals surface area contributed by atoms with Crippen molar-refractivity contribution in [1.29, 1.82) is 0 Å². The van der Waals surface area contributed by atoms with Crippen molar-refractivity contribution in [1.82, 2.24) is 9.88 Å². The molecule has 1 aromatic heterocycles. The fourth-order valence-electron chi connectivity index (χ4n) is 2.79. The molecule has 0 bridgehead atoms. The monoisotopic (exact) mass is 248 g/mol. The third-order valence-electron chi connectivity index (χ3n) is 3.55. The third kappa shape index (κ3) is 3.53. The summed E-state index contributed by atoms with van der Waals surface area (Å²) in [5.74, 6) is -0.697. The van der Waals surface area contributed by atoms with Gasteiger partial charge in [-0.1, -0.05) is 13.0 Å². The number of rotatable bonds is 4. The number of nitrogens with zero attached hydrogens (tertiary/aromatic N) is 2. The highest BCUT2D eigenvalue weighted by molar-refractivity contribution is 5.67. The van der Waals surface area contributed by atoms with Gasteiger partial charge in [0.25, 0.3) is 0 Å². The van der Waals surface area contributed by atoms with Gasteiger partial charge in [-0.05, 0) is 36.9 Å². The first-order chi connectivity index (χ1) is 8.57. The van der Waals surface area contributed by atoms with E-state index in [4.69, 9.17) is 5.11 Å². The van der Waals surface area contributed by atoms with E-state index in [1.165, 1.54) is 0 Å². The molecule has 2 rings (SSSR count). The lowest BCUT2D eigenvalue weighted by molar-refractivity contribution is -0.140. The number of likely N-dealkylation sites (tertiary alicyclic amines) is 1. The zero-order valence-corrected chi connectivity index (χ0v) is 10.8. The number of carbonyl (C=O) groups is 1. The first kappa shape index (κ1) is 13.0. The van der Waals surface area contributed by atoms with Crippen molar-refractivity contribution in [2.45, 2.75) is 32.7 Å². The fourth-order valence-corrected chi connectivity index (χ4v) is 2.79. The highest BCUT2D eigenvalue weighted by atomic mass is 16.4. The molecule has 1 fully saturated rings. The van der Waals surface area contributed by atoms with Crippen LogP contribution in [0.3, 0.4) is 0 Å². The Hall–Kier alpha value is -1.42. The average molecular weight is 248 g/mol. The van der Waals surface area contributed by atoms with Gasteiger partial charge in [-0.2, -0.15) is 0 Å². The minimum Gasteiger partial charge on any atom is -0.481 e. The topological polar surface area (TPSA) is 53.4 Å². The highest BCUT2D eigenvalue weighted by Crippen LogP contribution is 2.33. The van der Waals surface area contributed by atoms with Crippen molar-refractivity contribution in [2.75, 3.05) is 13.1 Å². The number of pyridine rings is 1. The van der Waals surface area contributed by atoms with Crippen molar-refractivity contribution in [3.8, 4) is 0 Å². The second kappa shape index (κ2) is 5.48. The van der Waals surface area contributed by atoms with Crippen molar-refractivity contribution >= 4 is 5.97 Å². The highest BCUT2D eigenvalue weighted by Gasteiger charge is 2.33. The number of carboxylic acids is 1. The summed E-state index contributed by atoms with van der Waals surface area (Å²) in [5, 5.41) is 8.98. The number of aliphatic carboxylic acids is 1. The first-order valence-corrected chi connectivity index (χ1v) is 6.41. The molecule has 1 atom stereocenters. The van der Waals surface area contributed by atoms with Crippen LogP contribution in [0.25, 0.3) is 0 Å². The van der Waals surface area contributed by atoms with Crippen molar-refractivity contribution in [2.24, 2.45) is 5.41 Å². The minimum atomic E-state index is -0.697. The van der Waals surface area contributed by atoms with Crippen LogP contribution < -0.4 is 0 Å². The first-order valence-electron chi connectivity index (χ1n) is 6.41. The van der Waals surface area contributed by atoms with E-state index in [1.807, 2.05) is 18.2 Å². The fraction of sp³-hybridized carbons (Fsp3) is 0.571. The van der Waals surface area contributed by atoms with Gasteiger partial charge in [-0.3, -0.25) is 14.7 Å². The van der Waals surface area contributed by atoms with E-state index < -0.39 is 5.97 Å². The molecule has 1 aromatic rings. The predicted octanol–water partition coefficient (Wildman–Crippen LogP) is 2.16. The van der Waals surface area contributed by atoms with Crippen LogP contribution in [-0.4, -0.2) is 34.0 Å². The maximum absolute atomic E-state index is 10.9. The summed E-state index contributed by atoms with van der Waals surface area (Å²) in [7, 11) is 0. The summed E-state index contributed by atoms with van der Waals surface area (Å²) in [6, 6.07) is 5.92. The van der Waals surface area contributed by atoms with Crippen LogP contribution in [0.4, 0.5) is 0 Å². The van der Waals surface area contributed by atoms with Crippen LogP contribution in [0.15, 0.2) is 24.4 Å². The van der Waals surface area contributed by atoms with E-state index in [1.54, 1.807) is 6.20 Å². The molecule has 1 unspecified atom stereocenters. The lowest BCUT2D eigenvalue weighted by atomic mass is 9.79. The van der Waals surface area contributed by atoms with Crippen LogP contribution in [0.1, 0.15) is 31.9 Å². The molecular formula is C14H20N2O2. The Morgan fingerprint density at radius 1 is 1.56 bits per heavy atom. The average Bonchev–Trinajstić information content (AvgIpc) is 2.28. The molecule has 1 aliphatic heterocycles. The lowest BCUT2D eigenvalue weighted by Crippen LogP contribution is -2.42. The lowest BCUT2D eigenvalue weighted by Gasteiger charge is -2.39. The van der Waals surface area contributed by atoms with Gasteiger partial charge in [0.05, 0.1) is 12.1 Å². The molecule has 1 aliphatic rings. The van der Waals surface area contributed by atoms with E-state index in [-0.39, 0.29) is 11.8 Å². The zero-order valence-electron chi connectivity index (χ0n) is 10.8. The molecule has 2 heterocycles. The smallest absolute Gasteiger partial charge is 0.303 e. The Morgan fingerprint density at radius 3 is 3.06 bits per heavy atom. The molecule has 0 aromatic carbocycles. The SMILES string of the molecule is CC1(CC(=O)O)CCCN(Cc2ccccn2)C1. The Bertz CT molecular complexity index is 408. The molecule has 4 heteroatoms. The van der Waals surface area contributed by atoms with Gasteiger partial charge < -0.3 is 5.11 Å². The van der Waals surface area contributed by atoms with E-state index in [0.29, 0.717) is 0 Å². The molecule has 0 amide bonds. The van der Waals surface area contributed by atoms with E-state index in [9.17, 15) is 4.79 Å². The molecule has 0 spiro atoms. The Balaban J connectivity index is 1.96. The maximum Gasteiger partial charge on any atom is 0.303 e. The van der Waals surface area contributed by atoms with Gasteiger partial charge in [0.15, 0.2) is 0 Å². The van der Waals surface area contributed by atoms with E-state index in [2.05, 4.69) is 16.8 Å². The molecule has 1 N–H and O–H groups in total. The maximum atomic E-state index is 10.9. The summed E-state index contributed by atoms with van der Waals surface area (Å²) >= 11 is 0. The van der Waals surface area contributed by atoms with Gasteiger partial charge in [0.1, 0.15) is 0 Å². The Morgan fingerprint density at radius 2 is 2.39 bits per heavy atom. The van der Waals surface area contributed by atoms with Crippen molar-refractivity contribution < 1.29 is 9.90 Å². The van der Waals surface area contributed by atoms with Crippen LogP contribution in [0, 0.1) is 5.41 Å². The van der Waals surface area contributed by atoms with Crippen LogP contribution >= 0.6 is 0 Å². The Kier molecular flexibility index (Phi) is 3.97. The largest absolute Gasteiger partial charge is 0.481 e. The number of hydrogen-bond acceptors (Lipinski definition) is 3. The van der Waals surface area contributed by atoms with Gasteiger partial charge in [-0.15, -0.1) is 0 Å². The number of piperidine rings is 1. The van der Waals surface area contributed by atoms with Crippen LogP contribution in [0.5, 0.6) is 0 Å². The normalized spacial score (nSPS) is 24.9. The van der Waals surface area contributed by atoms with Gasteiger partial charge in [0, 0.05) is 19.3 Å². The van der Waals surface area contributed by atoms with Gasteiger partial charge in [0.2, 0.25) is 0 Å². The number of carboxylic acid groups (broad SMARTS) is 1. The molecule has 0 aliphatic carbocycles. The van der Waals surface area contributed by atoms with Crippen LogP contribution in [-0.2, 0) is 11.3 Å². The molecule has 0 saturated carbocycles. The second-order valence-electron chi connectivity index (χ2n) is 5.52. The molecule has 98 valence electrons. The third-order valence-corrected chi connectivity index (χ3v) is 3.55. The standard InChI is InChI=1S/C14H20N2O2/c1-14(9-13(17)18)6-4-8-16(11-14)10-12-5-2-3-7-15-12/h2-3,5,7H,4,6,8-11H2,1H3,(H,17,18). The predicted molar refractivity (Wildman–Crippen MR) is 69.1 cm³/mol. The van der Waals surface area contributed by atoms with E-state index in [0.717, 1.165) is 38.2 Å². The summed E-state index contributed by atoms with van der Waals surface area (Å²) in [6.45, 7) is 4.77. The summed E-state index contributed by atoms with van der Waals surface area (Å²) in [4.78, 5) is 17.5. The molecule has 0 radical (unpaired) electrons. The second-order valence-corrected chi connectivity index (χ2v) is 5.52. The van der Waals surface area contributed by atoms with Crippen LogP contribution in [0.2, 0.25) is 0 Å². The molecule has 18 heavy (non-hydrogen) atoms. The Labute approximate surface area is 108 Å². The van der Waals surface area contributed by atoms with E-state index >= 15 is 0 Å². The molecular weight excluding hydrogens is 228 g/mol. The quantitative estimate of drug-likeness (QED) is 0.887. The van der Waals surface area contributed by atoms with Gasteiger partial charge >= 0.3 is 5.97 Å². The molecule has 1 saturated heterocycles. The molecule has 4 nitrogen and oxygen atoms in total. The van der Waals surface area contributed by atoms with Crippen molar-refractivity contribution in [3.63, 3.8) is 0 Å². The summed E-state index contributed by atoms with van der Waals surface area (Å²) < 4.78 is 0. The number of hydrogen-bond donors (Lipinski definition) is 1. The summed E-state index contributed by atoms with van der Waals surface area (Å²) in [6.07, 6.45) is 4.12. The van der Waals surface area contributed by atoms with Gasteiger partial charge in [-0.25, -0.2) is 0 Å². The zero-order chi connectivity index (χ0) is 13.0. The summed E-state index contributed by atoms with van der Waals surface area (Å²) in [5.41, 5.74) is 0.954. The minimum absolute atomic E-state index is 0.0983. The number of aromatic nitrogens is 1.